The van der Waals surface area contributed by atoms with Gasteiger partial charge in [0.2, 0.25) is 0 Å². The van der Waals surface area contributed by atoms with Crippen LogP contribution in [0.1, 0.15) is 16.7 Å². The van der Waals surface area contributed by atoms with Crippen LogP contribution in [0.15, 0.2) is 79.0 Å². The Morgan fingerprint density at radius 2 is 1.73 bits per heavy atom. The molecule has 3 aromatic rings. The molecule has 0 bridgehead atoms. The molecule has 0 fully saturated rings. The third kappa shape index (κ3) is 3.50. The van der Waals surface area contributed by atoms with Crippen LogP contribution >= 0.6 is 0 Å². The van der Waals surface area contributed by atoms with Gasteiger partial charge in [0.05, 0.1) is 5.69 Å². The molecule has 0 aliphatic heterocycles. The number of nitrogens with zero attached hydrogens (tertiary/aromatic N) is 1. The highest BCUT2D eigenvalue weighted by Gasteiger charge is 2.05. The highest BCUT2D eigenvalue weighted by atomic mass is 14.7. The Balaban J connectivity index is 1.87. The molecule has 0 saturated heterocycles. The van der Waals surface area contributed by atoms with E-state index in [9.17, 15) is 0 Å². The van der Waals surface area contributed by atoms with E-state index in [4.69, 9.17) is 0 Å². The summed E-state index contributed by atoms with van der Waals surface area (Å²) in [4.78, 5) is 4.48. The maximum Gasteiger partial charge on any atom is 0.0704 e. The number of pyridine rings is 1. The first-order chi connectivity index (χ1) is 10.8. The largest absolute Gasteiger partial charge is 0.256 e. The zero-order valence-corrected chi connectivity index (χ0v) is 12.7. The van der Waals surface area contributed by atoms with Crippen LogP contribution in [-0.4, -0.2) is 4.98 Å². The van der Waals surface area contributed by atoms with E-state index in [1.807, 2.05) is 24.4 Å². The maximum atomic E-state index is 4.48. The minimum absolute atomic E-state index is 0.905. The standard InChI is InChI=1S/C21H19N/c1-17-13-14-20(21-12-5-6-15-22-21)19(16-17)11-7-10-18-8-3-2-4-9-18/h2-10,12-16H,11H2,1H3/b10-7+. The minimum Gasteiger partial charge on any atom is -0.256 e. The molecule has 2 aromatic carbocycles. The molecule has 0 aliphatic rings. The minimum atomic E-state index is 0.905. The molecule has 0 radical (unpaired) electrons. The van der Waals surface area contributed by atoms with Gasteiger partial charge in [0, 0.05) is 11.8 Å². The number of allylic oxidation sites excluding steroid dienone is 1. The van der Waals surface area contributed by atoms with Crippen molar-refractivity contribution in [3.05, 3.63) is 95.7 Å². The van der Waals surface area contributed by atoms with Crippen LogP contribution < -0.4 is 0 Å². The Bertz CT molecular complexity index is 758. The Labute approximate surface area is 132 Å². The van der Waals surface area contributed by atoms with Gasteiger partial charge in [-0.25, -0.2) is 0 Å². The molecule has 1 heteroatoms. The quantitative estimate of drug-likeness (QED) is 0.632. The van der Waals surface area contributed by atoms with Gasteiger partial charge >= 0.3 is 0 Å². The van der Waals surface area contributed by atoms with Gasteiger partial charge < -0.3 is 0 Å². The Hall–Kier alpha value is -2.67. The molecule has 108 valence electrons. The van der Waals surface area contributed by atoms with E-state index in [1.165, 1.54) is 22.3 Å². The summed E-state index contributed by atoms with van der Waals surface area (Å²) in [7, 11) is 0. The van der Waals surface area contributed by atoms with Crippen molar-refractivity contribution in [2.24, 2.45) is 0 Å². The highest BCUT2D eigenvalue weighted by molar-refractivity contribution is 5.65. The van der Waals surface area contributed by atoms with E-state index in [0.717, 1.165) is 12.1 Å². The van der Waals surface area contributed by atoms with E-state index in [0.29, 0.717) is 0 Å². The molecule has 1 heterocycles. The second-order valence-corrected chi connectivity index (χ2v) is 5.39. The predicted molar refractivity (Wildman–Crippen MR) is 93.6 cm³/mol. The van der Waals surface area contributed by atoms with Crippen molar-refractivity contribution >= 4 is 6.08 Å². The van der Waals surface area contributed by atoms with E-state index in [2.05, 4.69) is 72.6 Å². The lowest BCUT2D eigenvalue weighted by atomic mass is 9.98. The molecule has 0 N–H and O–H groups in total. The van der Waals surface area contributed by atoms with Gasteiger partial charge in [-0.05, 0) is 36.6 Å². The van der Waals surface area contributed by atoms with Gasteiger partial charge in [-0.3, -0.25) is 4.98 Å². The van der Waals surface area contributed by atoms with Crippen LogP contribution in [0.2, 0.25) is 0 Å². The molecule has 0 unspecified atom stereocenters. The van der Waals surface area contributed by atoms with E-state index in [1.54, 1.807) is 0 Å². The molecular formula is C21H19N. The smallest absolute Gasteiger partial charge is 0.0704 e. The van der Waals surface area contributed by atoms with E-state index < -0.39 is 0 Å². The lowest BCUT2D eigenvalue weighted by molar-refractivity contribution is 1.23. The molecule has 0 saturated carbocycles. The topological polar surface area (TPSA) is 12.9 Å². The van der Waals surface area contributed by atoms with E-state index >= 15 is 0 Å². The van der Waals surface area contributed by atoms with Crippen molar-refractivity contribution in [3.63, 3.8) is 0 Å². The van der Waals surface area contributed by atoms with Gasteiger partial charge in [-0.15, -0.1) is 0 Å². The van der Waals surface area contributed by atoms with E-state index in [-0.39, 0.29) is 0 Å². The monoisotopic (exact) mass is 285 g/mol. The number of rotatable bonds is 4. The second kappa shape index (κ2) is 6.86. The van der Waals surface area contributed by atoms with Crippen LogP contribution in [0.3, 0.4) is 0 Å². The fourth-order valence-corrected chi connectivity index (χ4v) is 2.55. The Kier molecular flexibility index (Phi) is 4.45. The molecule has 1 aromatic heterocycles. The number of hydrogen-bond donors (Lipinski definition) is 0. The summed E-state index contributed by atoms with van der Waals surface area (Å²) >= 11 is 0. The summed E-state index contributed by atoms with van der Waals surface area (Å²) in [6.45, 7) is 2.13. The van der Waals surface area contributed by atoms with Gasteiger partial charge in [-0.2, -0.15) is 0 Å². The van der Waals surface area contributed by atoms with Crippen molar-refractivity contribution in [3.8, 4) is 11.3 Å². The fraction of sp³-hybridized carbons (Fsp3) is 0.0952. The Morgan fingerprint density at radius 1 is 0.909 bits per heavy atom. The lowest BCUT2D eigenvalue weighted by Gasteiger charge is -2.08. The van der Waals surface area contributed by atoms with Crippen LogP contribution in [0.25, 0.3) is 17.3 Å². The number of benzene rings is 2. The summed E-state index contributed by atoms with van der Waals surface area (Å²) in [6, 6.07) is 23.0. The first kappa shape index (κ1) is 14.3. The van der Waals surface area contributed by atoms with Crippen LogP contribution in [0, 0.1) is 6.92 Å². The molecule has 22 heavy (non-hydrogen) atoms. The van der Waals surface area contributed by atoms with Gasteiger partial charge in [-0.1, -0.05) is 72.3 Å². The first-order valence-electron chi connectivity index (χ1n) is 7.55. The number of aryl methyl sites for hydroxylation is 1. The maximum absolute atomic E-state index is 4.48. The number of aromatic nitrogens is 1. The highest BCUT2D eigenvalue weighted by Crippen LogP contribution is 2.23. The van der Waals surface area contributed by atoms with Crippen molar-refractivity contribution < 1.29 is 0 Å². The molecule has 0 aliphatic carbocycles. The van der Waals surface area contributed by atoms with Gasteiger partial charge in [0.25, 0.3) is 0 Å². The van der Waals surface area contributed by atoms with Crippen molar-refractivity contribution in [1.29, 1.82) is 0 Å². The fourth-order valence-electron chi connectivity index (χ4n) is 2.55. The lowest BCUT2D eigenvalue weighted by Crippen LogP contribution is -1.91. The zero-order valence-electron chi connectivity index (χ0n) is 12.7. The van der Waals surface area contributed by atoms with Crippen molar-refractivity contribution in [2.45, 2.75) is 13.3 Å². The van der Waals surface area contributed by atoms with Crippen molar-refractivity contribution in [2.75, 3.05) is 0 Å². The summed E-state index contributed by atoms with van der Waals surface area (Å²) in [5, 5.41) is 0. The average Bonchev–Trinajstić information content (AvgIpc) is 2.57. The summed E-state index contributed by atoms with van der Waals surface area (Å²) in [6.07, 6.45) is 7.14. The summed E-state index contributed by atoms with van der Waals surface area (Å²) in [5.74, 6) is 0. The molecule has 0 spiro atoms. The molecule has 0 atom stereocenters. The molecule has 0 amide bonds. The third-order valence-corrected chi connectivity index (χ3v) is 3.65. The molecule has 3 rings (SSSR count). The zero-order chi connectivity index (χ0) is 15.2. The molecule has 1 nitrogen and oxygen atoms in total. The predicted octanol–water partition coefficient (Wildman–Crippen LogP) is 5.31. The third-order valence-electron chi connectivity index (χ3n) is 3.65. The second-order valence-electron chi connectivity index (χ2n) is 5.39. The van der Waals surface area contributed by atoms with Crippen LogP contribution in [-0.2, 0) is 6.42 Å². The summed E-state index contributed by atoms with van der Waals surface area (Å²) < 4.78 is 0. The first-order valence-corrected chi connectivity index (χ1v) is 7.55. The van der Waals surface area contributed by atoms with Gasteiger partial charge in [0.1, 0.15) is 0 Å². The van der Waals surface area contributed by atoms with Crippen LogP contribution in [0.5, 0.6) is 0 Å². The summed E-state index contributed by atoms with van der Waals surface area (Å²) in [5.41, 5.74) is 6.07. The number of hydrogen-bond acceptors (Lipinski definition) is 1. The SMILES string of the molecule is Cc1ccc(-c2ccccn2)c(C/C=C/c2ccccc2)c1. The van der Waals surface area contributed by atoms with Crippen LogP contribution in [0.4, 0.5) is 0 Å². The van der Waals surface area contributed by atoms with Crippen molar-refractivity contribution in [1.82, 2.24) is 4.98 Å². The Morgan fingerprint density at radius 3 is 2.50 bits per heavy atom. The molecular weight excluding hydrogens is 266 g/mol. The average molecular weight is 285 g/mol. The normalized spacial score (nSPS) is 11.0. The van der Waals surface area contributed by atoms with Gasteiger partial charge in [0.15, 0.2) is 0 Å².